The number of halogens is 1. The number of imidazole rings is 2. The number of esters is 1. The number of carboxylic acid groups (broad SMARTS) is 1. The molecule has 2 aliphatic carbocycles. The first-order valence-corrected chi connectivity index (χ1v) is 36.8. The number of aromatic carboxylic acids is 1. The summed E-state index contributed by atoms with van der Waals surface area (Å²) in [6, 6.07) is 59.0. The van der Waals surface area contributed by atoms with Crippen molar-refractivity contribution in [2.45, 2.75) is 142 Å². The summed E-state index contributed by atoms with van der Waals surface area (Å²) in [4.78, 5) is 58.1. The standard InChI is InChI=1S/C41H42N6O7.C32H28N6O4.C9H15ClO3/c1-4-51-40-42-36-16-10-15-35(39(48)52-27(2)53-41(49)54-32-11-6-5-7-12-32)37(36)46(40)25-28-17-21-30(22-18-28)33-13-8-9-14-34(33)38-43-44-45-47(38)26-29-19-23-31(50-3)24-20-29;1-3-42-32-33-28-10-6-9-27(31(39)40)29(28)37(32)19-21-11-15-23(16-12-21)25-7-4-5-8-26(25)30-34-35-36-38(30)20-22-13-17-24(41-2)18-14-22;1-7(10)12-9(11)13-8-5-3-2-4-6-8/h8-10,13-24,27,32H,4-7,11-12,25-26H2,1-3H3;4-18H,3,19-20H2,1-2H3,(H,39,40);7-8H,2-6H2,1H3. The Morgan fingerprint density at radius 1 is 0.468 bits per heavy atom. The third-order valence-electron chi connectivity index (χ3n) is 18.5. The van der Waals surface area contributed by atoms with E-state index in [-0.39, 0.29) is 23.3 Å². The third kappa shape index (κ3) is 19.5. The predicted molar refractivity (Wildman–Crippen MR) is 408 cm³/mol. The molecule has 109 heavy (non-hydrogen) atoms. The van der Waals surface area contributed by atoms with Crippen LogP contribution < -0.4 is 18.9 Å². The lowest BCUT2D eigenvalue weighted by Crippen LogP contribution is -2.26. The van der Waals surface area contributed by atoms with Crippen molar-refractivity contribution in [3.05, 3.63) is 215 Å². The van der Waals surface area contributed by atoms with Crippen molar-refractivity contribution in [2.24, 2.45) is 0 Å². The second-order valence-electron chi connectivity index (χ2n) is 26.0. The molecule has 0 saturated heterocycles. The van der Waals surface area contributed by atoms with E-state index in [2.05, 4.69) is 45.8 Å². The van der Waals surface area contributed by atoms with Gasteiger partial charge in [-0.15, -0.1) is 10.2 Å². The Bertz CT molecular complexity index is 5030. The van der Waals surface area contributed by atoms with E-state index in [1.165, 1.54) is 13.3 Å². The average Bonchev–Trinajstić information content (AvgIpc) is 1.64. The number of aromatic nitrogens is 12. The number of para-hydroxylation sites is 2. The van der Waals surface area contributed by atoms with Gasteiger partial charge in [-0.3, -0.25) is 9.13 Å². The number of hydrogen-bond donors (Lipinski definition) is 1. The monoisotopic (exact) mass is 1500 g/mol. The Balaban J connectivity index is 0.000000178. The second kappa shape index (κ2) is 36.9. The fourth-order valence-electron chi connectivity index (χ4n) is 13.3. The Morgan fingerprint density at radius 2 is 0.862 bits per heavy atom. The van der Waals surface area contributed by atoms with Crippen LogP contribution in [-0.2, 0) is 49.9 Å². The van der Waals surface area contributed by atoms with E-state index in [1.54, 1.807) is 60.8 Å². The zero-order chi connectivity index (χ0) is 76.2. The summed E-state index contributed by atoms with van der Waals surface area (Å²) in [5.41, 5.74) is 11.8. The summed E-state index contributed by atoms with van der Waals surface area (Å²) in [6.45, 7) is 9.40. The molecule has 14 rings (SSSR count). The minimum Gasteiger partial charge on any atom is -0.497 e. The van der Waals surface area contributed by atoms with E-state index >= 15 is 0 Å². The molecule has 12 aromatic rings. The molecular formula is C82H85ClN12O14. The molecule has 0 radical (unpaired) electrons. The van der Waals surface area contributed by atoms with Gasteiger partial charge in [0.1, 0.15) is 23.7 Å². The number of nitrogens with zero attached hydrogens (tertiary/aromatic N) is 12. The number of carboxylic acids is 1. The van der Waals surface area contributed by atoms with E-state index < -0.39 is 36.1 Å². The molecule has 26 nitrogen and oxygen atoms in total. The molecular weight excluding hydrogens is 1410 g/mol. The van der Waals surface area contributed by atoms with Crippen molar-refractivity contribution >= 4 is 57.9 Å². The van der Waals surface area contributed by atoms with E-state index in [0.717, 1.165) is 125 Å². The van der Waals surface area contributed by atoms with Gasteiger partial charge in [0.2, 0.25) is 6.29 Å². The number of hydrogen-bond acceptors (Lipinski definition) is 21. The first-order valence-electron chi connectivity index (χ1n) is 36.4. The third-order valence-corrected chi connectivity index (χ3v) is 18.6. The van der Waals surface area contributed by atoms with Crippen LogP contribution in [0, 0.1) is 0 Å². The quantitative estimate of drug-likeness (QED) is 0.0241. The Kier molecular flexibility index (Phi) is 25.9. The lowest BCUT2D eigenvalue weighted by atomic mass is 9.98. The maximum absolute atomic E-state index is 13.5. The van der Waals surface area contributed by atoms with E-state index in [9.17, 15) is 24.3 Å². The lowest BCUT2D eigenvalue weighted by molar-refractivity contribution is -0.0914. The molecule has 1 N–H and O–H groups in total. The number of ether oxygens (including phenoxy) is 9. The number of alkyl halides is 1. The number of fused-ring (bicyclic) bond motifs is 2. The highest BCUT2D eigenvalue weighted by Crippen LogP contribution is 2.36. The first-order chi connectivity index (χ1) is 53.1. The molecule has 2 aliphatic rings. The molecule has 2 saturated carbocycles. The normalized spacial score (nSPS) is 13.5. The van der Waals surface area contributed by atoms with Crippen LogP contribution in [0.2, 0.25) is 0 Å². The van der Waals surface area contributed by atoms with Crippen molar-refractivity contribution in [1.82, 2.24) is 59.5 Å². The fraction of sp³-hybridized carbons (Fsp3) is 0.317. The fourth-order valence-corrected chi connectivity index (χ4v) is 13.3. The van der Waals surface area contributed by atoms with Gasteiger partial charge in [-0.05, 0) is 186 Å². The largest absolute Gasteiger partial charge is 0.511 e. The minimum atomic E-state index is -1.16. The highest BCUT2D eigenvalue weighted by atomic mass is 35.5. The summed E-state index contributed by atoms with van der Waals surface area (Å²) in [5, 5.41) is 35.0. The highest BCUT2D eigenvalue weighted by molar-refractivity contribution is 6.19. The molecule has 0 spiro atoms. The molecule has 2 atom stereocenters. The summed E-state index contributed by atoms with van der Waals surface area (Å²) in [5.74, 6) is 1.22. The van der Waals surface area contributed by atoms with Crippen LogP contribution in [0.1, 0.15) is 135 Å². The van der Waals surface area contributed by atoms with Crippen molar-refractivity contribution < 1.29 is 66.9 Å². The van der Waals surface area contributed by atoms with E-state index in [4.69, 9.17) is 49.5 Å². The van der Waals surface area contributed by atoms with E-state index in [1.807, 2.05) is 175 Å². The van der Waals surface area contributed by atoms with Gasteiger partial charge in [-0.1, -0.05) is 158 Å². The van der Waals surface area contributed by atoms with Crippen molar-refractivity contribution in [1.29, 1.82) is 0 Å². The molecule has 0 aliphatic heterocycles. The first kappa shape index (κ1) is 76.5. The molecule has 564 valence electrons. The number of rotatable bonds is 25. The van der Waals surface area contributed by atoms with Gasteiger partial charge in [0.05, 0.1) is 86.8 Å². The summed E-state index contributed by atoms with van der Waals surface area (Å²) >= 11 is 5.47. The molecule has 4 heterocycles. The Hall–Kier alpha value is -12.2. The smallest absolute Gasteiger partial charge is 0.497 e. The molecule has 2 fully saturated rings. The van der Waals surface area contributed by atoms with Crippen LogP contribution in [0.15, 0.2) is 182 Å². The van der Waals surface area contributed by atoms with Gasteiger partial charge >= 0.3 is 24.2 Å². The molecule has 27 heteroatoms. The number of benzene rings is 8. The topological polar surface area (TPSA) is 294 Å². The van der Waals surface area contributed by atoms with Crippen LogP contribution in [0.4, 0.5) is 9.59 Å². The lowest BCUT2D eigenvalue weighted by Gasteiger charge is -2.22. The predicted octanol–water partition coefficient (Wildman–Crippen LogP) is 16.5. The summed E-state index contributed by atoms with van der Waals surface area (Å²) in [7, 11) is 3.29. The summed E-state index contributed by atoms with van der Waals surface area (Å²) in [6.07, 6.45) is 7.39. The van der Waals surface area contributed by atoms with Gasteiger partial charge in [0.25, 0.3) is 12.0 Å². The zero-order valence-electron chi connectivity index (χ0n) is 61.4. The van der Waals surface area contributed by atoms with Crippen LogP contribution in [-0.4, -0.2) is 140 Å². The number of tetrazole rings is 2. The highest BCUT2D eigenvalue weighted by Gasteiger charge is 2.27. The molecule has 8 aromatic carbocycles. The van der Waals surface area contributed by atoms with Crippen LogP contribution in [0.5, 0.6) is 23.5 Å². The molecule has 0 bridgehead atoms. The van der Waals surface area contributed by atoms with Gasteiger partial charge in [-0.2, -0.15) is 9.97 Å². The number of carbonyl (C=O) groups is 4. The van der Waals surface area contributed by atoms with Crippen molar-refractivity contribution in [2.75, 3.05) is 27.4 Å². The minimum absolute atomic E-state index is 0.0386. The summed E-state index contributed by atoms with van der Waals surface area (Å²) < 4.78 is 55.5. The Morgan fingerprint density at radius 3 is 1.28 bits per heavy atom. The maximum Gasteiger partial charge on any atom is 0.511 e. The van der Waals surface area contributed by atoms with Crippen LogP contribution >= 0.6 is 11.6 Å². The van der Waals surface area contributed by atoms with Gasteiger partial charge in [0.15, 0.2) is 17.2 Å². The van der Waals surface area contributed by atoms with E-state index in [0.29, 0.717) is 85.1 Å². The van der Waals surface area contributed by atoms with Gasteiger partial charge in [-0.25, -0.2) is 28.5 Å². The van der Waals surface area contributed by atoms with Crippen molar-refractivity contribution in [3.8, 4) is 68.5 Å². The average molecular weight is 1500 g/mol. The van der Waals surface area contributed by atoms with Crippen LogP contribution in [0.25, 0.3) is 67.1 Å². The number of carbonyl (C=O) groups excluding carboxylic acids is 3. The van der Waals surface area contributed by atoms with Crippen LogP contribution in [0.3, 0.4) is 0 Å². The molecule has 2 unspecified atom stereocenters. The molecule has 4 aromatic heterocycles. The SMILES string of the molecule is CC(Cl)OC(=O)OC1CCCCC1.CCOc1nc2cccc(C(=O)O)c2n1Cc1ccc(-c2ccccc2-c2nnnn2Cc2ccc(OC)cc2)cc1.CCOc1nc2cccc(C(=O)OC(C)OC(=O)OC3CCCCC3)c2n1Cc1ccc(-c2ccccc2-c2nnnn2Cc2ccc(OC)cc2)cc1. The maximum atomic E-state index is 13.5. The zero-order valence-corrected chi connectivity index (χ0v) is 62.2. The molecule has 0 amide bonds. The van der Waals surface area contributed by atoms with Crippen molar-refractivity contribution in [3.63, 3.8) is 0 Å². The van der Waals surface area contributed by atoms with Gasteiger partial charge in [0, 0.05) is 18.1 Å². The second-order valence-corrected chi connectivity index (χ2v) is 26.6. The Labute approximate surface area is 634 Å². The number of methoxy groups -OCH3 is 2. The van der Waals surface area contributed by atoms with Gasteiger partial charge < -0.3 is 47.7 Å².